The van der Waals surface area contributed by atoms with E-state index < -0.39 is 0 Å². The maximum atomic E-state index is 5.77. The molecule has 1 heterocycles. The van der Waals surface area contributed by atoms with Gasteiger partial charge in [-0.2, -0.15) is 0 Å². The second-order valence-corrected chi connectivity index (χ2v) is 5.23. The van der Waals surface area contributed by atoms with Crippen LogP contribution in [0.25, 0.3) is 0 Å². The van der Waals surface area contributed by atoms with E-state index in [0.29, 0.717) is 0 Å². The van der Waals surface area contributed by atoms with E-state index in [9.17, 15) is 0 Å². The third-order valence-electron chi connectivity index (χ3n) is 2.70. The van der Waals surface area contributed by atoms with Crippen molar-refractivity contribution in [1.82, 2.24) is 4.57 Å². The molecule has 98 valence electrons. The molecule has 0 saturated carbocycles. The lowest BCUT2D eigenvalue weighted by atomic mass is 10.1. The van der Waals surface area contributed by atoms with Crippen LogP contribution < -0.4 is 5.73 Å². The molecule has 1 atom stereocenters. The first kappa shape index (κ1) is 14.3. The van der Waals surface area contributed by atoms with Gasteiger partial charge in [0.05, 0.1) is 6.61 Å². The highest BCUT2D eigenvalue weighted by atomic mass is 16.5. The predicted molar refractivity (Wildman–Crippen MR) is 72.1 cm³/mol. The largest absolute Gasteiger partial charge is 0.380 e. The van der Waals surface area contributed by atoms with E-state index in [2.05, 4.69) is 36.9 Å². The quantitative estimate of drug-likeness (QED) is 0.707. The molecule has 0 aromatic carbocycles. The SMILES string of the molecule is CC(C)CCOCCn1ccc(CC(C)N)c1. The molecule has 0 fully saturated rings. The molecule has 3 nitrogen and oxygen atoms in total. The molecular weight excluding hydrogens is 212 g/mol. The van der Waals surface area contributed by atoms with Crippen LogP contribution >= 0.6 is 0 Å². The van der Waals surface area contributed by atoms with Crippen LogP contribution in [0.5, 0.6) is 0 Å². The Hall–Kier alpha value is -0.800. The first-order chi connectivity index (χ1) is 8.08. The summed E-state index contributed by atoms with van der Waals surface area (Å²) in [6.07, 6.45) is 6.35. The van der Waals surface area contributed by atoms with Crippen LogP contribution in [-0.2, 0) is 17.7 Å². The van der Waals surface area contributed by atoms with E-state index in [0.717, 1.165) is 38.5 Å². The minimum atomic E-state index is 0.230. The average molecular weight is 238 g/mol. The molecule has 0 saturated heterocycles. The lowest BCUT2D eigenvalue weighted by Crippen LogP contribution is -2.17. The maximum Gasteiger partial charge on any atom is 0.0645 e. The van der Waals surface area contributed by atoms with Crippen molar-refractivity contribution in [1.29, 1.82) is 0 Å². The van der Waals surface area contributed by atoms with Crippen molar-refractivity contribution < 1.29 is 4.74 Å². The summed E-state index contributed by atoms with van der Waals surface area (Å²) in [5.74, 6) is 0.722. The lowest BCUT2D eigenvalue weighted by molar-refractivity contribution is 0.116. The van der Waals surface area contributed by atoms with Crippen molar-refractivity contribution in [2.24, 2.45) is 11.7 Å². The zero-order valence-corrected chi connectivity index (χ0v) is 11.4. The second kappa shape index (κ2) is 7.51. The molecule has 1 rings (SSSR count). The highest BCUT2D eigenvalue weighted by Gasteiger charge is 2.00. The van der Waals surface area contributed by atoms with Gasteiger partial charge < -0.3 is 15.0 Å². The molecule has 17 heavy (non-hydrogen) atoms. The van der Waals surface area contributed by atoms with Gasteiger partial charge in [0, 0.05) is 31.6 Å². The number of ether oxygens (including phenoxy) is 1. The van der Waals surface area contributed by atoms with Gasteiger partial charge in [0.25, 0.3) is 0 Å². The Morgan fingerprint density at radius 2 is 2.06 bits per heavy atom. The molecule has 0 spiro atoms. The standard InChI is InChI=1S/C14H26N2O/c1-12(2)5-8-17-9-7-16-6-4-14(11-16)10-13(3)15/h4,6,11-13H,5,7-10,15H2,1-3H3. The Morgan fingerprint density at radius 3 is 2.71 bits per heavy atom. The fourth-order valence-electron chi connectivity index (χ4n) is 1.71. The van der Waals surface area contributed by atoms with Crippen LogP contribution in [0.15, 0.2) is 18.5 Å². The van der Waals surface area contributed by atoms with Crippen molar-refractivity contribution in [3.63, 3.8) is 0 Å². The van der Waals surface area contributed by atoms with Crippen molar-refractivity contribution >= 4 is 0 Å². The number of rotatable bonds is 8. The first-order valence-corrected chi connectivity index (χ1v) is 6.56. The number of nitrogens with two attached hydrogens (primary N) is 1. The Morgan fingerprint density at radius 1 is 1.29 bits per heavy atom. The normalized spacial score (nSPS) is 13.2. The highest BCUT2D eigenvalue weighted by molar-refractivity contribution is 5.11. The Kier molecular flexibility index (Phi) is 6.30. The summed E-state index contributed by atoms with van der Waals surface area (Å²) in [4.78, 5) is 0. The summed E-state index contributed by atoms with van der Waals surface area (Å²) in [5.41, 5.74) is 7.08. The first-order valence-electron chi connectivity index (χ1n) is 6.56. The predicted octanol–water partition coefficient (Wildman–Crippen LogP) is 2.44. The third-order valence-corrected chi connectivity index (χ3v) is 2.70. The van der Waals surface area contributed by atoms with Gasteiger partial charge in [-0.15, -0.1) is 0 Å². The van der Waals surface area contributed by atoms with Gasteiger partial charge >= 0.3 is 0 Å². The number of nitrogens with zero attached hydrogens (tertiary/aromatic N) is 1. The van der Waals surface area contributed by atoms with E-state index in [1.54, 1.807) is 0 Å². The monoisotopic (exact) mass is 238 g/mol. The van der Waals surface area contributed by atoms with Gasteiger partial charge in [-0.1, -0.05) is 13.8 Å². The summed E-state index contributed by atoms with van der Waals surface area (Å²) in [7, 11) is 0. The Balaban J connectivity index is 2.16. The second-order valence-electron chi connectivity index (χ2n) is 5.23. The summed E-state index contributed by atoms with van der Waals surface area (Å²) < 4.78 is 7.77. The van der Waals surface area contributed by atoms with Crippen LogP contribution in [0.4, 0.5) is 0 Å². The molecule has 1 aromatic rings. The fraction of sp³-hybridized carbons (Fsp3) is 0.714. The molecule has 1 aromatic heterocycles. The third kappa shape index (κ3) is 6.49. The fourth-order valence-corrected chi connectivity index (χ4v) is 1.71. The molecule has 2 N–H and O–H groups in total. The Bertz CT molecular complexity index is 305. The molecule has 0 amide bonds. The van der Waals surface area contributed by atoms with E-state index in [1.165, 1.54) is 5.56 Å². The van der Waals surface area contributed by atoms with Gasteiger partial charge in [0.2, 0.25) is 0 Å². The average Bonchev–Trinajstić information content (AvgIpc) is 2.63. The van der Waals surface area contributed by atoms with Gasteiger partial charge in [0.15, 0.2) is 0 Å². The van der Waals surface area contributed by atoms with Gasteiger partial charge in [-0.25, -0.2) is 0 Å². The van der Waals surface area contributed by atoms with Crippen LogP contribution in [0.3, 0.4) is 0 Å². The zero-order chi connectivity index (χ0) is 12.7. The molecular formula is C14H26N2O. The van der Waals surface area contributed by atoms with Crippen LogP contribution in [0, 0.1) is 5.92 Å². The summed E-state index contributed by atoms with van der Waals surface area (Å²) in [6.45, 7) is 9.05. The minimum absolute atomic E-state index is 0.230. The van der Waals surface area contributed by atoms with E-state index in [-0.39, 0.29) is 6.04 Å². The molecule has 0 aliphatic rings. The van der Waals surface area contributed by atoms with E-state index in [4.69, 9.17) is 10.5 Å². The van der Waals surface area contributed by atoms with Gasteiger partial charge in [-0.05, 0) is 37.3 Å². The summed E-state index contributed by atoms with van der Waals surface area (Å²) >= 11 is 0. The zero-order valence-electron chi connectivity index (χ0n) is 11.4. The highest BCUT2D eigenvalue weighted by Crippen LogP contribution is 2.04. The van der Waals surface area contributed by atoms with Crippen molar-refractivity contribution in [2.75, 3.05) is 13.2 Å². The van der Waals surface area contributed by atoms with Crippen LogP contribution in [0.2, 0.25) is 0 Å². The van der Waals surface area contributed by atoms with Crippen molar-refractivity contribution in [2.45, 2.75) is 46.2 Å². The Labute approximate surface area is 105 Å². The van der Waals surface area contributed by atoms with Gasteiger partial charge in [0.1, 0.15) is 0 Å². The van der Waals surface area contributed by atoms with E-state index in [1.807, 2.05) is 6.92 Å². The van der Waals surface area contributed by atoms with E-state index >= 15 is 0 Å². The molecule has 0 radical (unpaired) electrons. The lowest BCUT2D eigenvalue weighted by Gasteiger charge is -2.07. The topological polar surface area (TPSA) is 40.2 Å². The van der Waals surface area contributed by atoms with Crippen LogP contribution in [0.1, 0.15) is 32.8 Å². The summed E-state index contributed by atoms with van der Waals surface area (Å²) in [5, 5.41) is 0. The molecule has 0 bridgehead atoms. The molecule has 1 unspecified atom stereocenters. The minimum Gasteiger partial charge on any atom is -0.380 e. The smallest absolute Gasteiger partial charge is 0.0645 e. The molecule has 0 aliphatic heterocycles. The van der Waals surface area contributed by atoms with Crippen LogP contribution in [-0.4, -0.2) is 23.8 Å². The maximum absolute atomic E-state index is 5.77. The number of hydrogen-bond acceptors (Lipinski definition) is 2. The van der Waals surface area contributed by atoms with Crippen molar-refractivity contribution in [3.8, 4) is 0 Å². The molecule has 3 heteroatoms. The number of aromatic nitrogens is 1. The van der Waals surface area contributed by atoms with Crippen molar-refractivity contribution in [3.05, 3.63) is 24.0 Å². The number of hydrogen-bond donors (Lipinski definition) is 1. The van der Waals surface area contributed by atoms with Gasteiger partial charge in [-0.3, -0.25) is 0 Å². The molecule has 0 aliphatic carbocycles. The summed E-state index contributed by atoms with van der Waals surface area (Å²) in [6, 6.07) is 2.37.